The van der Waals surface area contributed by atoms with Gasteiger partial charge in [0.1, 0.15) is 0 Å². The third kappa shape index (κ3) is 4.55. The number of rotatable bonds is 1. The standard InChI is InChI=1S/C11H15N.C2H2O4/c1-9-2-4-10(5-3-9)11-6-7-12-8-11;3-1(4)2(5)6/h2-5,11-12H,6-8H2,1H3;(H,3,4)(H,5,6). The fraction of sp³-hybridized carbons (Fsp3) is 0.385. The molecule has 18 heavy (non-hydrogen) atoms. The van der Waals surface area contributed by atoms with Crippen molar-refractivity contribution >= 4 is 11.9 Å². The summed E-state index contributed by atoms with van der Waals surface area (Å²) < 4.78 is 0. The lowest BCUT2D eigenvalue weighted by Crippen LogP contribution is -2.09. The molecule has 1 aliphatic rings. The number of hydrogen-bond acceptors (Lipinski definition) is 3. The maximum Gasteiger partial charge on any atom is 0.414 e. The van der Waals surface area contributed by atoms with Crippen molar-refractivity contribution in [1.29, 1.82) is 0 Å². The Hall–Kier alpha value is -1.88. The minimum Gasteiger partial charge on any atom is -0.473 e. The molecule has 0 amide bonds. The second-order valence-electron chi connectivity index (χ2n) is 4.21. The quantitative estimate of drug-likeness (QED) is 0.653. The minimum atomic E-state index is -1.82. The third-order valence-electron chi connectivity index (χ3n) is 2.79. The number of aryl methyl sites for hydroxylation is 1. The average molecular weight is 251 g/mol. The molecule has 1 heterocycles. The monoisotopic (exact) mass is 251 g/mol. The van der Waals surface area contributed by atoms with Crippen LogP contribution in [0.5, 0.6) is 0 Å². The molecule has 0 radical (unpaired) electrons. The van der Waals surface area contributed by atoms with Gasteiger partial charge in [-0.15, -0.1) is 0 Å². The van der Waals surface area contributed by atoms with Gasteiger partial charge in [0.05, 0.1) is 0 Å². The fourth-order valence-corrected chi connectivity index (χ4v) is 1.78. The highest BCUT2D eigenvalue weighted by molar-refractivity contribution is 6.27. The van der Waals surface area contributed by atoms with E-state index >= 15 is 0 Å². The molecule has 0 bridgehead atoms. The fourth-order valence-electron chi connectivity index (χ4n) is 1.78. The molecule has 1 aromatic rings. The van der Waals surface area contributed by atoms with Crippen LogP contribution >= 0.6 is 0 Å². The lowest BCUT2D eigenvalue weighted by molar-refractivity contribution is -0.159. The van der Waals surface area contributed by atoms with Crippen molar-refractivity contribution in [1.82, 2.24) is 5.32 Å². The second-order valence-corrected chi connectivity index (χ2v) is 4.21. The summed E-state index contributed by atoms with van der Waals surface area (Å²) in [5, 5.41) is 18.2. The van der Waals surface area contributed by atoms with E-state index in [1.165, 1.54) is 24.1 Å². The van der Waals surface area contributed by atoms with E-state index in [0.717, 1.165) is 12.5 Å². The first-order chi connectivity index (χ1) is 8.50. The molecule has 0 spiro atoms. The summed E-state index contributed by atoms with van der Waals surface area (Å²) in [5.41, 5.74) is 2.84. The van der Waals surface area contributed by atoms with Gasteiger partial charge in [-0.2, -0.15) is 0 Å². The first kappa shape index (κ1) is 14.2. The van der Waals surface area contributed by atoms with Gasteiger partial charge >= 0.3 is 11.9 Å². The molecule has 98 valence electrons. The number of carbonyl (C=O) groups is 2. The largest absolute Gasteiger partial charge is 0.473 e. The van der Waals surface area contributed by atoms with Crippen molar-refractivity contribution in [3.05, 3.63) is 35.4 Å². The van der Waals surface area contributed by atoms with Crippen LogP contribution in [0.2, 0.25) is 0 Å². The highest BCUT2D eigenvalue weighted by Crippen LogP contribution is 2.21. The first-order valence-corrected chi connectivity index (χ1v) is 5.74. The van der Waals surface area contributed by atoms with E-state index in [2.05, 4.69) is 36.5 Å². The molecular formula is C13H17NO4. The van der Waals surface area contributed by atoms with Crippen LogP contribution in [0.4, 0.5) is 0 Å². The lowest BCUT2D eigenvalue weighted by Gasteiger charge is -2.07. The summed E-state index contributed by atoms with van der Waals surface area (Å²) in [7, 11) is 0. The molecular weight excluding hydrogens is 234 g/mol. The maximum atomic E-state index is 9.10. The molecule has 5 heteroatoms. The lowest BCUT2D eigenvalue weighted by atomic mass is 9.98. The smallest absolute Gasteiger partial charge is 0.414 e. The number of carboxylic acids is 2. The van der Waals surface area contributed by atoms with Gasteiger partial charge in [0, 0.05) is 6.54 Å². The van der Waals surface area contributed by atoms with Crippen LogP contribution in [-0.4, -0.2) is 35.2 Å². The van der Waals surface area contributed by atoms with Crippen LogP contribution in [0, 0.1) is 6.92 Å². The predicted molar refractivity (Wildman–Crippen MR) is 66.7 cm³/mol. The molecule has 1 aliphatic heterocycles. The van der Waals surface area contributed by atoms with Crippen molar-refractivity contribution in [2.45, 2.75) is 19.3 Å². The van der Waals surface area contributed by atoms with Crippen molar-refractivity contribution < 1.29 is 19.8 Å². The van der Waals surface area contributed by atoms with E-state index in [1.807, 2.05) is 0 Å². The summed E-state index contributed by atoms with van der Waals surface area (Å²) in [4.78, 5) is 18.2. The molecule has 1 unspecified atom stereocenters. The summed E-state index contributed by atoms with van der Waals surface area (Å²) in [6.45, 7) is 4.47. The molecule has 0 saturated carbocycles. The Morgan fingerprint density at radius 2 is 1.72 bits per heavy atom. The average Bonchev–Trinajstić information content (AvgIpc) is 2.84. The van der Waals surface area contributed by atoms with Crippen LogP contribution in [0.15, 0.2) is 24.3 Å². The van der Waals surface area contributed by atoms with Crippen molar-refractivity contribution in [2.75, 3.05) is 13.1 Å². The second kappa shape index (κ2) is 6.76. The topological polar surface area (TPSA) is 86.6 Å². The zero-order valence-electron chi connectivity index (χ0n) is 10.2. The van der Waals surface area contributed by atoms with Gasteiger partial charge in [-0.25, -0.2) is 9.59 Å². The SMILES string of the molecule is Cc1ccc(C2CCNC2)cc1.O=C(O)C(=O)O. The summed E-state index contributed by atoms with van der Waals surface area (Å²) >= 11 is 0. The van der Waals surface area contributed by atoms with Crippen molar-refractivity contribution in [2.24, 2.45) is 0 Å². The highest BCUT2D eigenvalue weighted by atomic mass is 16.4. The molecule has 1 atom stereocenters. The van der Waals surface area contributed by atoms with Gasteiger partial charge in [-0.05, 0) is 31.4 Å². The molecule has 1 fully saturated rings. The summed E-state index contributed by atoms with van der Waals surface area (Å²) in [5.74, 6) is -2.89. The Morgan fingerprint density at radius 3 is 2.11 bits per heavy atom. The molecule has 0 aliphatic carbocycles. The molecule has 1 saturated heterocycles. The number of hydrogen-bond donors (Lipinski definition) is 3. The van der Waals surface area contributed by atoms with Gasteiger partial charge in [-0.1, -0.05) is 29.8 Å². The first-order valence-electron chi connectivity index (χ1n) is 5.74. The normalized spacial score (nSPS) is 17.7. The van der Waals surface area contributed by atoms with E-state index in [4.69, 9.17) is 19.8 Å². The molecule has 5 nitrogen and oxygen atoms in total. The highest BCUT2D eigenvalue weighted by Gasteiger charge is 2.15. The van der Waals surface area contributed by atoms with E-state index in [9.17, 15) is 0 Å². The zero-order chi connectivity index (χ0) is 13.5. The van der Waals surface area contributed by atoms with Gasteiger partial charge in [0.25, 0.3) is 0 Å². The molecule has 1 aromatic carbocycles. The van der Waals surface area contributed by atoms with Crippen LogP contribution in [0.3, 0.4) is 0 Å². The summed E-state index contributed by atoms with van der Waals surface area (Å²) in [6.07, 6.45) is 1.29. The Morgan fingerprint density at radius 1 is 1.17 bits per heavy atom. The Bertz CT molecular complexity index is 396. The van der Waals surface area contributed by atoms with Gasteiger partial charge < -0.3 is 15.5 Å². The Kier molecular flexibility index (Phi) is 5.32. The zero-order valence-corrected chi connectivity index (χ0v) is 10.2. The number of benzene rings is 1. The van der Waals surface area contributed by atoms with E-state index in [1.54, 1.807) is 0 Å². The van der Waals surface area contributed by atoms with Crippen LogP contribution < -0.4 is 5.32 Å². The van der Waals surface area contributed by atoms with Crippen LogP contribution in [-0.2, 0) is 9.59 Å². The van der Waals surface area contributed by atoms with Gasteiger partial charge in [0.2, 0.25) is 0 Å². The van der Waals surface area contributed by atoms with E-state index < -0.39 is 11.9 Å². The van der Waals surface area contributed by atoms with Crippen molar-refractivity contribution in [3.63, 3.8) is 0 Å². The Balaban J connectivity index is 0.000000232. The maximum absolute atomic E-state index is 9.10. The number of aliphatic carboxylic acids is 2. The predicted octanol–water partition coefficient (Wildman–Crippen LogP) is 1.23. The van der Waals surface area contributed by atoms with Crippen LogP contribution in [0.1, 0.15) is 23.5 Å². The van der Waals surface area contributed by atoms with E-state index in [-0.39, 0.29) is 0 Å². The van der Waals surface area contributed by atoms with Crippen molar-refractivity contribution in [3.8, 4) is 0 Å². The van der Waals surface area contributed by atoms with Gasteiger partial charge in [0.15, 0.2) is 0 Å². The minimum absolute atomic E-state index is 0.755. The van der Waals surface area contributed by atoms with E-state index in [0.29, 0.717) is 0 Å². The third-order valence-corrected chi connectivity index (χ3v) is 2.79. The molecule has 0 aromatic heterocycles. The molecule has 3 N–H and O–H groups in total. The molecule has 2 rings (SSSR count). The van der Waals surface area contributed by atoms with Gasteiger partial charge in [-0.3, -0.25) is 0 Å². The number of carboxylic acid groups (broad SMARTS) is 2. The summed E-state index contributed by atoms with van der Waals surface area (Å²) in [6, 6.07) is 8.92. The van der Waals surface area contributed by atoms with Crippen LogP contribution in [0.25, 0.3) is 0 Å². The number of nitrogens with one attached hydrogen (secondary N) is 1. The Labute approximate surface area is 105 Å².